The molecular formula is C22H32N6O2. The molecule has 162 valence electrons. The molecule has 30 heavy (non-hydrogen) atoms. The van der Waals surface area contributed by atoms with Crippen molar-refractivity contribution in [1.82, 2.24) is 25.3 Å². The number of amides is 1. The van der Waals surface area contributed by atoms with Crippen LogP contribution in [-0.4, -0.2) is 51.3 Å². The van der Waals surface area contributed by atoms with Gasteiger partial charge in [-0.2, -0.15) is 5.10 Å². The number of carbonyl (C=O) groups excluding carboxylic acids is 1. The smallest absolute Gasteiger partial charge is 0.407 e. The van der Waals surface area contributed by atoms with Crippen molar-refractivity contribution in [3.63, 3.8) is 0 Å². The lowest BCUT2D eigenvalue weighted by molar-refractivity contribution is 0.0720. The van der Waals surface area contributed by atoms with Crippen LogP contribution in [0.4, 0.5) is 10.6 Å². The fraction of sp³-hybridized carbons (Fsp3) is 0.636. The van der Waals surface area contributed by atoms with Crippen molar-refractivity contribution in [2.75, 3.05) is 18.0 Å². The van der Waals surface area contributed by atoms with Gasteiger partial charge >= 0.3 is 6.09 Å². The van der Waals surface area contributed by atoms with E-state index in [1.165, 1.54) is 6.42 Å². The molecule has 8 heteroatoms. The van der Waals surface area contributed by atoms with Gasteiger partial charge in [0.25, 0.3) is 0 Å². The van der Waals surface area contributed by atoms with E-state index in [0.717, 1.165) is 79.9 Å². The number of ether oxygens (including phenoxy) is 1. The van der Waals surface area contributed by atoms with Crippen molar-refractivity contribution in [3.05, 3.63) is 23.4 Å². The molecule has 0 bridgehead atoms. The lowest BCUT2D eigenvalue weighted by atomic mass is 9.98. The van der Waals surface area contributed by atoms with Gasteiger partial charge in [0.15, 0.2) is 5.82 Å². The third kappa shape index (κ3) is 4.42. The Bertz CT molecular complexity index is 882. The number of alkyl carbamates (subject to hydrolysis) is 1. The standard InChI is InChI=1S/C22H32N6O2/c1-15-16(2)21(26-25-20(15)19-9-12-23-27(19)3)28-13-10-17(11-14-28)24-22(29)30-18-7-5-4-6-8-18/h9,12,17-18H,4-8,10-11,13-14H2,1-3H3,(H,24,29). The van der Waals surface area contributed by atoms with Crippen LogP contribution < -0.4 is 10.2 Å². The van der Waals surface area contributed by atoms with Gasteiger partial charge in [0, 0.05) is 32.4 Å². The van der Waals surface area contributed by atoms with Crippen LogP contribution in [0.1, 0.15) is 56.1 Å². The molecule has 0 radical (unpaired) electrons. The molecule has 1 aliphatic heterocycles. The quantitative estimate of drug-likeness (QED) is 0.827. The van der Waals surface area contributed by atoms with E-state index in [0.29, 0.717) is 0 Å². The average molecular weight is 413 g/mol. The molecule has 3 heterocycles. The number of aromatic nitrogens is 4. The molecule has 2 aromatic rings. The fourth-order valence-corrected chi connectivity index (χ4v) is 4.51. The number of anilines is 1. The highest BCUT2D eigenvalue weighted by molar-refractivity contribution is 5.68. The molecule has 0 atom stereocenters. The van der Waals surface area contributed by atoms with Crippen molar-refractivity contribution < 1.29 is 9.53 Å². The molecule has 1 saturated heterocycles. The molecule has 2 aromatic heterocycles. The number of hydrogen-bond acceptors (Lipinski definition) is 6. The summed E-state index contributed by atoms with van der Waals surface area (Å²) in [4.78, 5) is 14.5. The lowest BCUT2D eigenvalue weighted by Crippen LogP contribution is -2.46. The fourth-order valence-electron chi connectivity index (χ4n) is 4.51. The zero-order valence-corrected chi connectivity index (χ0v) is 18.2. The number of nitrogens with one attached hydrogen (secondary N) is 1. The van der Waals surface area contributed by atoms with Gasteiger partial charge in [-0.05, 0) is 69.6 Å². The van der Waals surface area contributed by atoms with Gasteiger partial charge < -0.3 is 15.0 Å². The molecule has 2 fully saturated rings. The predicted molar refractivity (Wildman–Crippen MR) is 115 cm³/mol. The molecule has 0 aromatic carbocycles. The molecule has 1 saturated carbocycles. The lowest BCUT2D eigenvalue weighted by Gasteiger charge is -2.34. The Labute approximate surface area is 178 Å². The Hall–Kier alpha value is -2.64. The molecule has 1 aliphatic carbocycles. The summed E-state index contributed by atoms with van der Waals surface area (Å²) >= 11 is 0. The molecule has 4 rings (SSSR count). The van der Waals surface area contributed by atoms with Crippen molar-refractivity contribution in [2.45, 2.75) is 70.9 Å². The number of aryl methyl sites for hydroxylation is 1. The van der Waals surface area contributed by atoms with Gasteiger partial charge in [-0.1, -0.05) is 6.42 Å². The average Bonchev–Trinajstić information content (AvgIpc) is 3.17. The van der Waals surface area contributed by atoms with Crippen LogP contribution in [0.2, 0.25) is 0 Å². The molecule has 0 spiro atoms. The van der Waals surface area contributed by atoms with Gasteiger partial charge in [0.05, 0.1) is 5.69 Å². The van der Waals surface area contributed by atoms with E-state index in [1.807, 2.05) is 17.8 Å². The topological polar surface area (TPSA) is 85.2 Å². The first-order valence-electron chi connectivity index (χ1n) is 11.1. The number of rotatable bonds is 4. The Morgan fingerprint density at radius 3 is 2.47 bits per heavy atom. The second-order valence-electron chi connectivity index (χ2n) is 8.53. The van der Waals surface area contributed by atoms with E-state index in [4.69, 9.17) is 4.74 Å². The minimum Gasteiger partial charge on any atom is -0.446 e. The van der Waals surface area contributed by atoms with Crippen LogP contribution in [0.3, 0.4) is 0 Å². The SMILES string of the molecule is Cc1c(-c2ccnn2C)nnc(N2CCC(NC(=O)OC3CCCCC3)CC2)c1C. The number of piperidine rings is 1. The van der Waals surface area contributed by atoms with E-state index < -0.39 is 0 Å². The van der Waals surface area contributed by atoms with Crippen LogP contribution in [0.25, 0.3) is 11.4 Å². The van der Waals surface area contributed by atoms with Crippen LogP contribution in [0.15, 0.2) is 12.3 Å². The van der Waals surface area contributed by atoms with E-state index in [1.54, 1.807) is 6.20 Å². The largest absolute Gasteiger partial charge is 0.446 e. The summed E-state index contributed by atoms with van der Waals surface area (Å²) in [5, 5.41) is 16.4. The van der Waals surface area contributed by atoms with Crippen LogP contribution in [0, 0.1) is 13.8 Å². The van der Waals surface area contributed by atoms with Gasteiger partial charge in [-0.25, -0.2) is 4.79 Å². The molecule has 2 aliphatic rings. The Kier molecular flexibility index (Phi) is 6.20. The van der Waals surface area contributed by atoms with E-state index >= 15 is 0 Å². The number of nitrogens with zero attached hydrogens (tertiary/aromatic N) is 5. The third-order valence-electron chi connectivity index (χ3n) is 6.50. The zero-order chi connectivity index (χ0) is 21.1. The van der Waals surface area contributed by atoms with Gasteiger partial charge in [-0.3, -0.25) is 4.68 Å². The van der Waals surface area contributed by atoms with Crippen LogP contribution in [0.5, 0.6) is 0 Å². The van der Waals surface area contributed by atoms with Crippen molar-refractivity contribution >= 4 is 11.9 Å². The second-order valence-corrected chi connectivity index (χ2v) is 8.53. The first-order valence-corrected chi connectivity index (χ1v) is 11.1. The summed E-state index contributed by atoms with van der Waals surface area (Å²) in [6, 6.07) is 2.11. The van der Waals surface area contributed by atoms with Crippen LogP contribution in [-0.2, 0) is 11.8 Å². The first kappa shape index (κ1) is 20.6. The summed E-state index contributed by atoms with van der Waals surface area (Å²) in [5.74, 6) is 0.932. The highest BCUT2D eigenvalue weighted by Gasteiger charge is 2.26. The van der Waals surface area contributed by atoms with Crippen molar-refractivity contribution in [1.29, 1.82) is 0 Å². The summed E-state index contributed by atoms with van der Waals surface area (Å²) in [6.07, 6.45) is 8.94. The minimum atomic E-state index is -0.257. The van der Waals surface area contributed by atoms with E-state index in [-0.39, 0.29) is 18.2 Å². The molecule has 0 unspecified atom stereocenters. The molecule has 1 N–H and O–H groups in total. The van der Waals surface area contributed by atoms with E-state index in [9.17, 15) is 4.79 Å². The number of carbonyl (C=O) groups is 1. The predicted octanol–water partition coefficient (Wildman–Crippen LogP) is 3.52. The second kappa shape index (κ2) is 9.02. The number of hydrogen-bond donors (Lipinski definition) is 1. The zero-order valence-electron chi connectivity index (χ0n) is 18.2. The van der Waals surface area contributed by atoms with Gasteiger partial charge in [0.2, 0.25) is 0 Å². The Morgan fingerprint density at radius 2 is 1.80 bits per heavy atom. The maximum absolute atomic E-state index is 12.2. The Morgan fingerprint density at radius 1 is 1.07 bits per heavy atom. The van der Waals surface area contributed by atoms with Gasteiger partial charge in [0.1, 0.15) is 11.8 Å². The highest BCUT2D eigenvalue weighted by atomic mass is 16.6. The molecule has 8 nitrogen and oxygen atoms in total. The molecular weight excluding hydrogens is 380 g/mol. The summed E-state index contributed by atoms with van der Waals surface area (Å²) in [7, 11) is 1.91. The maximum Gasteiger partial charge on any atom is 0.407 e. The monoisotopic (exact) mass is 412 g/mol. The van der Waals surface area contributed by atoms with Gasteiger partial charge in [-0.15, -0.1) is 10.2 Å². The summed E-state index contributed by atoms with van der Waals surface area (Å²) in [6.45, 7) is 5.87. The third-order valence-corrected chi connectivity index (χ3v) is 6.50. The van der Waals surface area contributed by atoms with Crippen LogP contribution >= 0.6 is 0 Å². The van der Waals surface area contributed by atoms with Crippen molar-refractivity contribution in [2.24, 2.45) is 7.05 Å². The summed E-state index contributed by atoms with van der Waals surface area (Å²) < 4.78 is 7.42. The Balaban J connectivity index is 1.34. The summed E-state index contributed by atoms with van der Waals surface area (Å²) in [5.41, 5.74) is 4.11. The van der Waals surface area contributed by atoms with E-state index in [2.05, 4.69) is 39.4 Å². The highest BCUT2D eigenvalue weighted by Crippen LogP contribution is 2.29. The van der Waals surface area contributed by atoms with Crippen molar-refractivity contribution in [3.8, 4) is 11.4 Å². The minimum absolute atomic E-state index is 0.0951. The molecule has 1 amide bonds. The first-order chi connectivity index (χ1) is 14.5. The normalized spacial score (nSPS) is 18.4. The maximum atomic E-state index is 12.2.